The van der Waals surface area contributed by atoms with Crippen LogP contribution in [0.4, 0.5) is 4.79 Å². The third-order valence-electron chi connectivity index (χ3n) is 4.54. The van der Waals surface area contributed by atoms with Gasteiger partial charge in [-0.1, -0.05) is 60.3 Å². The van der Waals surface area contributed by atoms with Crippen LogP contribution < -0.4 is 15.8 Å². The molecule has 3 amide bonds. The van der Waals surface area contributed by atoms with Gasteiger partial charge in [0.1, 0.15) is 12.4 Å². The van der Waals surface area contributed by atoms with Crippen LogP contribution in [0.3, 0.4) is 0 Å². The van der Waals surface area contributed by atoms with Gasteiger partial charge < -0.3 is 19.8 Å². The normalized spacial score (nSPS) is 11.7. The van der Waals surface area contributed by atoms with E-state index >= 15 is 0 Å². The number of nitrogens with zero attached hydrogens (tertiary/aromatic N) is 3. The molecule has 3 N–H and O–H groups in total. The average Bonchev–Trinajstić information content (AvgIpc) is 3.17. The number of carbonyl (C=O) groups excluding carboxylic acids is 2. The molecular weight excluding hydrogens is 430 g/mol. The molecule has 0 radical (unpaired) electrons. The molecule has 9 nitrogen and oxygen atoms in total. The molecule has 0 aliphatic carbocycles. The fourth-order valence-electron chi connectivity index (χ4n) is 2.95. The number of methoxy groups -OCH3 is 1. The van der Waals surface area contributed by atoms with Crippen LogP contribution in [0.5, 0.6) is 5.75 Å². The van der Waals surface area contributed by atoms with Crippen molar-refractivity contribution in [2.45, 2.75) is 30.5 Å². The van der Waals surface area contributed by atoms with E-state index in [4.69, 9.17) is 15.2 Å². The second-order valence-corrected chi connectivity index (χ2v) is 8.12. The van der Waals surface area contributed by atoms with Crippen molar-refractivity contribution in [1.29, 1.82) is 0 Å². The second kappa shape index (κ2) is 11.3. The first-order chi connectivity index (χ1) is 15.5. The summed E-state index contributed by atoms with van der Waals surface area (Å²) in [5.74, 6) is 0.816. The van der Waals surface area contributed by atoms with Crippen LogP contribution in [0.2, 0.25) is 0 Å². The predicted molar refractivity (Wildman–Crippen MR) is 121 cm³/mol. The topological polar surface area (TPSA) is 121 Å². The van der Waals surface area contributed by atoms with Crippen LogP contribution in [0.15, 0.2) is 59.8 Å². The lowest BCUT2D eigenvalue weighted by Crippen LogP contribution is -2.39. The molecule has 2 aromatic carbocycles. The largest absolute Gasteiger partial charge is 0.485 e. The number of urea groups is 1. The Morgan fingerprint density at radius 1 is 1.12 bits per heavy atom. The molecule has 3 aromatic rings. The van der Waals surface area contributed by atoms with Gasteiger partial charge in [0, 0.05) is 19.2 Å². The summed E-state index contributed by atoms with van der Waals surface area (Å²) in [4.78, 5) is 23.0. The molecule has 0 aliphatic rings. The van der Waals surface area contributed by atoms with Crippen molar-refractivity contribution < 1.29 is 19.1 Å². The lowest BCUT2D eigenvalue weighted by atomic mass is 10.1. The molecule has 10 heteroatoms. The number of nitrogens with two attached hydrogens (primary N) is 1. The van der Waals surface area contributed by atoms with E-state index in [1.54, 1.807) is 14.0 Å². The SMILES string of the molecule is COCCn1c(COc2ccccc2-c2ccccc2)nnc1S[C@H](C)C(=O)NC(N)=O. The molecule has 0 unspecified atom stereocenters. The zero-order chi connectivity index (χ0) is 22.9. The maximum absolute atomic E-state index is 12.0. The molecule has 0 spiro atoms. The Hall–Kier alpha value is -3.37. The van der Waals surface area contributed by atoms with E-state index < -0.39 is 17.2 Å². The fourth-order valence-corrected chi connectivity index (χ4v) is 3.84. The van der Waals surface area contributed by atoms with Crippen molar-refractivity contribution in [3.8, 4) is 16.9 Å². The molecule has 0 fully saturated rings. The minimum Gasteiger partial charge on any atom is -0.485 e. The van der Waals surface area contributed by atoms with Gasteiger partial charge >= 0.3 is 6.03 Å². The number of rotatable bonds is 10. The van der Waals surface area contributed by atoms with Gasteiger partial charge in [-0.3, -0.25) is 10.1 Å². The molecular formula is C22H25N5O4S. The first-order valence-electron chi connectivity index (χ1n) is 9.94. The van der Waals surface area contributed by atoms with E-state index in [1.165, 1.54) is 11.8 Å². The van der Waals surface area contributed by atoms with Gasteiger partial charge in [0.2, 0.25) is 5.91 Å². The van der Waals surface area contributed by atoms with Crippen molar-refractivity contribution in [2.24, 2.45) is 5.73 Å². The number of thioether (sulfide) groups is 1. The molecule has 0 bridgehead atoms. The van der Waals surface area contributed by atoms with Gasteiger partial charge in [-0.25, -0.2) is 4.79 Å². The maximum Gasteiger partial charge on any atom is 0.318 e. The quantitative estimate of drug-likeness (QED) is 0.451. The second-order valence-electron chi connectivity index (χ2n) is 6.81. The van der Waals surface area contributed by atoms with E-state index in [9.17, 15) is 9.59 Å². The summed E-state index contributed by atoms with van der Waals surface area (Å²) in [6, 6.07) is 16.9. The summed E-state index contributed by atoms with van der Waals surface area (Å²) in [6.07, 6.45) is 0. The van der Waals surface area contributed by atoms with Crippen molar-refractivity contribution in [3.05, 3.63) is 60.4 Å². The van der Waals surface area contributed by atoms with E-state index in [0.717, 1.165) is 16.9 Å². The Bertz CT molecular complexity index is 1060. The summed E-state index contributed by atoms with van der Waals surface area (Å²) in [5, 5.41) is 10.4. The Morgan fingerprint density at radius 3 is 2.56 bits per heavy atom. The summed E-state index contributed by atoms with van der Waals surface area (Å²) < 4.78 is 13.1. The Morgan fingerprint density at radius 2 is 1.84 bits per heavy atom. The highest BCUT2D eigenvalue weighted by molar-refractivity contribution is 8.00. The number of primary amides is 1. The highest BCUT2D eigenvalue weighted by atomic mass is 32.2. The number of aromatic nitrogens is 3. The van der Waals surface area contributed by atoms with Gasteiger partial charge in [-0.05, 0) is 18.6 Å². The lowest BCUT2D eigenvalue weighted by Gasteiger charge is -2.14. The lowest BCUT2D eigenvalue weighted by molar-refractivity contribution is -0.119. The minimum atomic E-state index is -0.894. The minimum absolute atomic E-state index is 0.184. The Kier molecular flexibility index (Phi) is 8.23. The number of benzene rings is 2. The number of amides is 3. The van der Waals surface area contributed by atoms with E-state index in [0.29, 0.717) is 24.1 Å². The number of imide groups is 1. The first kappa shape index (κ1) is 23.3. The summed E-state index contributed by atoms with van der Waals surface area (Å²) in [7, 11) is 1.60. The average molecular weight is 456 g/mol. The van der Waals surface area contributed by atoms with Crippen LogP contribution in [-0.4, -0.2) is 45.7 Å². The molecule has 0 saturated carbocycles. The third kappa shape index (κ3) is 6.08. The van der Waals surface area contributed by atoms with Crippen molar-refractivity contribution >= 4 is 23.7 Å². The zero-order valence-corrected chi connectivity index (χ0v) is 18.7. The number of ether oxygens (including phenoxy) is 2. The summed E-state index contributed by atoms with van der Waals surface area (Å²) >= 11 is 1.17. The van der Waals surface area contributed by atoms with Crippen LogP contribution in [0, 0.1) is 0 Å². The number of hydrogen-bond donors (Lipinski definition) is 2. The van der Waals surface area contributed by atoms with Crippen molar-refractivity contribution in [3.63, 3.8) is 0 Å². The van der Waals surface area contributed by atoms with E-state index in [1.807, 2.05) is 59.2 Å². The molecule has 1 aromatic heterocycles. The van der Waals surface area contributed by atoms with Crippen LogP contribution in [-0.2, 0) is 22.7 Å². The van der Waals surface area contributed by atoms with E-state index in [2.05, 4.69) is 15.5 Å². The van der Waals surface area contributed by atoms with Crippen LogP contribution in [0.1, 0.15) is 12.7 Å². The molecule has 32 heavy (non-hydrogen) atoms. The summed E-state index contributed by atoms with van der Waals surface area (Å²) in [6.45, 7) is 2.75. The van der Waals surface area contributed by atoms with Crippen molar-refractivity contribution in [1.82, 2.24) is 20.1 Å². The highest BCUT2D eigenvalue weighted by Gasteiger charge is 2.21. The van der Waals surface area contributed by atoms with Crippen LogP contribution >= 0.6 is 11.8 Å². The van der Waals surface area contributed by atoms with Crippen molar-refractivity contribution in [2.75, 3.05) is 13.7 Å². The molecule has 0 saturated heterocycles. The van der Waals surface area contributed by atoms with Gasteiger partial charge in [0.05, 0.1) is 11.9 Å². The predicted octanol–water partition coefficient (Wildman–Crippen LogP) is 2.85. The Balaban J connectivity index is 1.77. The standard InChI is InChI=1S/C22H25N5O4S/c1-15(20(28)24-21(23)29)32-22-26-25-19(27(22)12-13-30-2)14-31-18-11-7-6-10-17(18)16-8-4-3-5-9-16/h3-11,15H,12-14H2,1-2H3,(H3,23,24,28,29)/t15-/m1/s1. The third-order valence-corrected chi connectivity index (χ3v) is 5.62. The van der Waals surface area contributed by atoms with Gasteiger partial charge in [-0.2, -0.15) is 0 Å². The number of hydrogen-bond acceptors (Lipinski definition) is 7. The molecule has 3 rings (SSSR count). The monoisotopic (exact) mass is 455 g/mol. The number of carbonyl (C=O) groups is 2. The smallest absolute Gasteiger partial charge is 0.318 e. The van der Waals surface area contributed by atoms with Gasteiger partial charge in [0.25, 0.3) is 0 Å². The molecule has 0 aliphatic heterocycles. The summed E-state index contributed by atoms with van der Waals surface area (Å²) in [5.41, 5.74) is 7.05. The molecule has 1 heterocycles. The maximum atomic E-state index is 12.0. The highest BCUT2D eigenvalue weighted by Crippen LogP contribution is 2.30. The fraction of sp³-hybridized carbons (Fsp3) is 0.273. The number of nitrogens with one attached hydrogen (secondary N) is 1. The van der Waals surface area contributed by atoms with E-state index in [-0.39, 0.29) is 6.61 Å². The molecule has 1 atom stereocenters. The van der Waals surface area contributed by atoms with Crippen LogP contribution in [0.25, 0.3) is 11.1 Å². The molecule has 168 valence electrons. The first-order valence-corrected chi connectivity index (χ1v) is 10.8. The Labute approximate surface area is 190 Å². The zero-order valence-electron chi connectivity index (χ0n) is 17.9. The van der Waals surface area contributed by atoms with Gasteiger partial charge in [-0.15, -0.1) is 10.2 Å². The van der Waals surface area contributed by atoms with Gasteiger partial charge in [0.15, 0.2) is 11.0 Å². The number of para-hydroxylation sites is 1.